The van der Waals surface area contributed by atoms with E-state index in [-0.39, 0.29) is 5.57 Å². The van der Waals surface area contributed by atoms with Gasteiger partial charge in [0.15, 0.2) is 5.82 Å². The number of aryl methyl sites for hydroxylation is 1. The van der Waals surface area contributed by atoms with E-state index in [1.807, 2.05) is 12.4 Å². The summed E-state index contributed by atoms with van der Waals surface area (Å²) in [4.78, 5) is 21.3. The Bertz CT molecular complexity index is 1150. The van der Waals surface area contributed by atoms with E-state index in [1.165, 1.54) is 18.9 Å². The van der Waals surface area contributed by atoms with Gasteiger partial charge in [0.1, 0.15) is 23.5 Å². The molecule has 0 aliphatic rings. The zero-order valence-electron chi connectivity index (χ0n) is 17.8. The number of carbonyl (C=O) groups is 1. The van der Waals surface area contributed by atoms with Gasteiger partial charge < -0.3 is 4.74 Å². The Morgan fingerprint density at radius 2 is 1.62 bits per heavy atom. The normalized spacial score (nSPS) is 9.97. The molecule has 0 unspecified atom stereocenters. The molecule has 0 aliphatic carbocycles. The van der Waals surface area contributed by atoms with E-state index < -0.39 is 5.97 Å². The first-order valence-corrected chi connectivity index (χ1v) is 10.4. The Labute approximate surface area is 187 Å². The molecule has 0 atom stereocenters. The van der Waals surface area contributed by atoms with Crippen LogP contribution in [0, 0.1) is 22.7 Å². The fourth-order valence-electron chi connectivity index (χ4n) is 3.02. The Kier molecular flexibility index (Phi) is 7.84. The van der Waals surface area contributed by atoms with Crippen LogP contribution in [0.15, 0.2) is 66.5 Å². The standard InChI is InChI=1S/C26H22N4O2/c1-2-3-4-5-20-17-29-25(30-18-20)22-8-10-23(11-9-22)26(31)32-24-12-6-19(7-13-24)14-21(15-27)16-28/h6-14,17-18H,2-5H2,1H3. The van der Waals surface area contributed by atoms with Gasteiger partial charge in [0.2, 0.25) is 0 Å². The molecule has 0 saturated heterocycles. The molecule has 0 aliphatic heterocycles. The van der Waals surface area contributed by atoms with E-state index in [9.17, 15) is 4.79 Å². The van der Waals surface area contributed by atoms with Crippen LogP contribution in [0.2, 0.25) is 0 Å². The second kappa shape index (κ2) is 11.2. The fraction of sp³-hybridized carbons (Fsp3) is 0.192. The van der Waals surface area contributed by atoms with Crippen molar-refractivity contribution in [2.45, 2.75) is 32.6 Å². The van der Waals surface area contributed by atoms with Crippen molar-refractivity contribution in [2.75, 3.05) is 0 Å². The number of hydrogen-bond acceptors (Lipinski definition) is 6. The number of allylic oxidation sites excluding steroid dienone is 1. The van der Waals surface area contributed by atoms with Crippen LogP contribution < -0.4 is 4.74 Å². The van der Waals surface area contributed by atoms with E-state index >= 15 is 0 Å². The summed E-state index contributed by atoms with van der Waals surface area (Å²) in [5.41, 5.74) is 3.03. The number of ether oxygens (including phenoxy) is 1. The first-order valence-electron chi connectivity index (χ1n) is 10.4. The Balaban J connectivity index is 1.62. The highest BCUT2D eigenvalue weighted by Gasteiger charge is 2.10. The third kappa shape index (κ3) is 6.10. The lowest BCUT2D eigenvalue weighted by Crippen LogP contribution is -2.08. The highest BCUT2D eigenvalue weighted by molar-refractivity contribution is 5.91. The molecular weight excluding hydrogens is 400 g/mol. The lowest BCUT2D eigenvalue weighted by atomic mass is 10.1. The van der Waals surface area contributed by atoms with E-state index in [2.05, 4.69) is 16.9 Å². The van der Waals surface area contributed by atoms with Gasteiger partial charge >= 0.3 is 5.97 Å². The van der Waals surface area contributed by atoms with Gasteiger partial charge in [-0.1, -0.05) is 44.0 Å². The van der Waals surface area contributed by atoms with Gasteiger partial charge in [-0.2, -0.15) is 10.5 Å². The first-order chi connectivity index (χ1) is 15.6. The van der Waals surface area contributed by atoms with Crippen LogP contribution in [0.3, 0.4) is 0 Å². The van der Waals surface area contributed by atoms with Gasteiger partial charge in [-0.15, -0.1) is 0 Å². The zero-order valence-corrected chi connectivity index (χ0v) is 17.8. The van der Waals surface area contributed by atoms with Crippen LogP contribution >= 0.6 is 0 Å². The number of hydrogen-bond donors (Lipinski definition) is 0. The molecule has 0 amide bonds. The van der Waals surface area contributed by atoms with Crippen molar-refractivity contribution < 1.29 is 9.53 Å². The zero-order chi connectivity index (χ0) is 22.8. The summed E-state index contributed by atoms with van der Waals surface area (Å²) in [5.74, 6) is 0.498. The average Bonchev–Trinajstić information content (AvgIpc) is 2.84. The molecular formula is C26H22N4O2. The molecule has 1 aromatic heterocycles. The van der Waals surface area contributed by atoms with E-state index in [1.54, 1.807) is 60.7 Å². The molecule has 6 nitrogen and oxygen atoms in total. The smallest absolute Gasteiger partial charge is 0.343 e. The van der Waals surface area contributed by atoms with Crippen LogP contribution in [0.5, 0.6) is 5.75 Å². The molecule has 32 heavy (non-hydrogen) atoms. The van der Waals surface area contributed by atoms with Crippen molar-refractivity contribution in [1.29, 1.82) is 10.5 Å². The first kappa shape index (κ1) is 22.4. The van der Waals surface area contributed by atoms with Crippen molar-refractivity contribution in [1.82, 2.24) is 9.97 Å². The maximum absolute atomic E-state index is 12.4. The molecule has 0 fully saturated rings. The van der Waals surface area contributed by atoms with Crippen molar-refractivity contribution >= 4 is 12.0 Å². The van der Waals surface area contributed by atoms with Gasteiger partial charge in [0, 0.05) is 18.0 Å². The van der Waals surface area contributed by atoms with Gasteiger partial charge in [-0.25, -0.2) is 14.8 Å². The summed E-state index contributed by atoms with van der Waals surface area (Å²) >= 11 is 0. The van der Waals surface area contributed by atoms with Crippen molar-refractivity contribution in [2.24, 2.45) is 0 Å². The van der Waals surface area contributed by atoms with E-state index in [4.69, 9.17) is 15.3 Å². The van der Waals surface area contributed by atoms with Crippen LogP contribution in [0.4, 0.5) is 0 Å². The minimum absolute atomic E-state index is 0.00458. The number of carbonyl (C=O) groups excluding carboxylic acids is 1. The number of nitriles is 2. The summed E-state index contributed by atoms with van der Waals surface area (Å²) in [6.07, 6.45) is 9.67. The maximum Gasteiger partial charge on any atom is 0.343 e. The van der Waals surface area contributed by atoms with Crippen LogP contribution in [0.25, 0.3) is 17.5 Å². The van der Waals surface area contributed by atoms with E-state index in [0.29, 0.717) is 22.7 Å². The topological polar surface area (TPSA) is 99.7 Å². The lowest BCUT2D eigenvalue weighted by molar-refractivity contribution is 0.0735. The summed E-state index contributed by atoms with van der Waals surface area (Å²) in [6, 6.07) is 17.1. The minimum Gasteiger partial charge on any atom is -0.423 e. The summed E-state index contributed by atoms with van der Waals surface area (Å²) in [6.45, 7) is 2.18. The molecule has 0 spiro atoms. The average molecular weight is 422 g/mol. The number of rotatable bonds is 8. The van der Waals surface area contributed by atoms with Gasteiger partial charge in [-0.3, -0.25) is 0 Å². The van der Waals surface area contributed by atoms with Crippen molar-refractivity contribution in [3.05, 3.63) is 83.2 Å². The quantitative estimate of drug-likeness (QED) is 0.205. The van der Waals surface area contributed by atoms with Crippen LogP contribution in [0.1, 0.15) is 47.7 Å². The van der Waals surface area contributed by atoms with Crippen molar-refractivity contribution in [3.63, 3.8) is 0 Å². The molecule has 6 heteroatoms. The number of nitrogens with zero attached hydrogens (tertiary/aromatic N) is 4. The van der Waals surface area contributed by atoms with Crippen LogP contribution in [-0.4, -0.2) is 15.9 Å². The van der Waals surface area contributed by atoms with Gasteiger partial charge in [0.25, 0.3) is 0 Å². The molecule has 1 heterocycles. The summed E-state index contributed by atoms with van der Waals surface area (Å²) in [7, 11) is 0. The monoisotopic (exact) mass is 422 g/mol. The summed E-state index contributed by atoms with van der Waals surface area (Å²) in [5, 5.41) is 17.6. The molecule has 0 bridgehead atoms. The second-order valence-corrected chi connectivity index (χ2v) is 7.19. The maximum atomic E-state index is 12.4. The molecule has 0 N–H and O–H groups in total. The molecule has 3 aromatic rings. The molecule has 158 valence electrons. The lowest BCUT2D eigenvalue weighted by Gasteiger charge is -2.06. The Morgan fingerprint density at radius 3 is 2.22 bits per heavy atom. The van der Waals surface area contributed by atoms with Crippen LogP contribution in [-0.2, 0) is 6.42 Å². The number of unbranched alkanes of at least 4 members (excludes halogenated alkanes) is 2. The third-order valence-corrected chi connectivity index (χ3v) is 4.80. The third-order valence-electron chi connectivity index (χ3n) is 4.80. The minimum atomic E-state index is -0.484. The number of aromatic nitrogens is 2. The Hall–Kier alpha value is -4.29. The molecule has 3 rings (SSSR count). The highest BCUT2D eigenvalue weighted by atomic mass is 16.5. The number of benzene rings is 2. The second-order valence-electron chi connectivity index (χ2n) is 7.19. The SMILES string of the molecule is CCCCCc1cnc(-c2ccc(C(=O)Oc3ccc(C=C(C#N)C#N)cc3)cc2)nc1. The predicted molar refractivity (Wildman–Crippen MR) is 121 cm³/mol. The fourth-order valence-corrected chi connectivity index (χ4v) is 3.02. The van der Waals surface area contributed by atoms with Crippen molar-refractivity contribution in [3.8, 4) is 29.3 Å². The Morgan fingerprint density at radius 1 is 0.969 bits per heavy atom. The number of esters is 1. The largest absolute Gasteiger partial charge is 0.423 e. The predicted octanol–water partition coefficient (Wildman–Crippen LogP) is 5.53. The van der Waals surface area contributed by atoms with Gasteiger partial charge in [-0.05, 0) is 54.3 Å². The van der Waals surface area contributed by atoms with Gasteiger partial charge in [0.05, 0.1) is 5.56 Å². The summed E-state index contributed by atoms with van der Waals surface area (Å²) < 4.78 is 5.40. The molecule has 0 saturated carbocycles. The molecule has 0 radical (unpaired) electrons. The van der Waals surface area contributed by atoms with E-state index in [0.717, 1.165) is 24.0 Å². The highest BCUT2D eigenvalue weighted by Crippen LogP contribution is 2.19. The molecule has 2 aromatic carbocycles.